The number of aryl methyl sites for hydroxylation is 1. The van der Waals surface area contributed by atoms with Crippen molar-refractivity contribution in [2.24, 2.45) is 0 Å². The molecule has 28 heavy (non-hydrogen) atoms. The fourth-order valence-electron chi connectivity index (χ4n) is 4.23. The molecule has 1 atom stereocenters. The number of fused-ring (bicyclic) bond motifs is 1. The molecule has 5 heteroatoms. The zero-order chi connectivity index (χ0) is 19.5. The van der Waals surface area contributed by atoms with E-state index in [2.05, 4.69) is 6.07 Å². The number of hydrogen-bond acceptors (Lipinski definition) is 3. The summed E-state index contributed by atoms with van der Waals surface area (Å²) in [6.45, 7) is 4.23. The van der Waals surface area contributed by atoms with Crippen LogP contribution in [0.5, 0.6) is 5.75 Å². The number of halogens is 1. The molecular weight excluding hydrogens is 355 g/mol. The van der Waals surface area contributed by atoms with Gasteiger partial charge in [-0.15, -0.1) is 0 Å². The molecule has 4 nitrogen and oxygen atoms in total. The summed E-state index contributed by atoms with van der Waals surface area (Å²) in [5.41, 5.74) is 3.22. The van der Waals surface area contributed by atoms with Gasteiger partial charge in [0.05, 0.1) is 5.69 Å². The van der Waals surface area contributed by atoms with Gasteiger partial charge in [0.15, 0.2) is 6.10 Å². The van der Waals surface area contributed by atoms with Gasteiger partial charge in [0.1, 0.15) is 11.6 Å². The number of para-hydroxylation sites is 1. The molecule has 0 N–H and O–H groups in total. The second-order valence-corrected chi connectivity index (χ2v) is 7.62. The van der Waals surface area contributed by atoms with Crippen LogP contribution in [0, 0.1) is 5.82 Å². The molecule has 0 saturated carbocycles. The van der Waals surface area contributed by atoms with Crippen LogP contribution in [0.25, 0.3) is 0 Å². The topological polar surface area (TPSA) is 32.8 Å². The van der Waals surface area contributed by atoms with Crippen LogP contribution < -0.4 is 9.64 Å². The predicted octanol–water partition coefficient (Wildman–Crippen LogP) is 3.82. The maximum absolute atomic E-state index is 14.0. The molecule has 0 aromatic heterocycles. The van der Waals surface area contributed by atoms with Crippen LogP contribution >= 0.6 is 0 Å². The Labute approximate surface area is 165 Å². The fourth-order valence-corrected chi connectivity index (χ4v) is 4.23. The van der Waals surface area contributed by atoms with Crippen molar-refractivity contribution in [2.75, 3.05) is 31.1 Å². The van der Waals surface area contributed by atoms with Gasteiger partial charge in [0.25, 0.3) is 5.91 Å². The zero-order valence-corrected chi connectivity index (χ0v) is 16.4. The van der Waals surface area contributed by atoms with Crippen molar-refractivity contribution in [1.29, 1.82) is 0 Å². The number of piperazine rings is 1. The van der Waals surface area contributed by atoms with Crippen molar-refractivity contribution in [3.05, 3.63) is 59.4 Å². The van der Waals surface area contributed by atoms with Gasteiger partial charge in [-0.05, 0) is 61.9 Å². The van der Waals surface area contributed by atoms with Crippen molar-refractivity contribution >= 4 is 11.6 Å². The van der Waals surface area contributed by atoms with E-state index in [0.717, 1.165) is 18.6 Å². The molecule has 2 aromatic rings. The Morgan fingerprint density at radius 1 is 1.00 bits per heavy atom. The highest BCUT2D eigenvalue weighted by Crippen LogP contribution is 2.30. The Morgan fingerprint density at radius 3 is 2.54 bits per heavy atom. The molecule has 1 aliphatic heterocycles. The molecule has 2 aromatic carbocycles. The fraction of sp³-hybridized carbons (Fsp3) is 0.435. The molecule has 0 radical (unpaired) electrons. The third-order valence-electron chi connectivity index (χ3n) is 5.79. The Kier molecular flexibility index (Phi) is 5.51. The number of anilines is 1. The summed E-state index contributed by atoms with van der Waals surface area (Å²) in [6, 6.07) is 13.0. The average molecular weight is 382 g/mol. The van der Waals surface area contributed by atoms with Crippen LogP contribution in [0.1, 0.15) is 30.9 Å². The first-order valence-corrected chi connectivity index (χ1v) is 10.2. The van der Waals surface area contributed by atoms with E-state index in [9.17, 15) is 9.18 Å². The molecule has 1 heterocycles. The summed E-state index contributed by atoms with van der Waals surface area (Å²) in [5.74, 6) is 0.637. The number of carbonyl (C=O) groups is 1. The normalized spacial score (nSPS) is 17.8. The Bertz CT molecular complexity index is 846. The summed E-state index contributed by atoms with van der Waals surface area (Å²) >= 11 is 0. The molecule has 0 bridgehead atoms. The molecule has 148 valence electrons. The monoisotopic (exact) mass is 382 g/mol. The third kappa shape index (κ3) is 3.84. The van der Waals surface area contributed by atoms with Crippen molar-refractivity contribution in [1.82, 2.24) is 4.90 Å². The van der Waals surface area contributed by atoms with Gasteiger partial charge in [-0.2, -0.15) is 0 Å². The van der Waals surface area contributed by atoms with Gasteiger partial charge in [-0.3, -0.25) is 4.79 Å². The summed E-state index contributed by atoms with van der Waals surface area (Å²) in [5, 5.41) is 0. The number of hydrogen-bond donors (Lipinski definition) is 0. The van der Waals surface area contributed by atoms with Gasteiger partial charge in [0, 0.05) is 26.2 Å². The minimum absolute atomic E-state index is 0.00148. The molecular formula is C23H27FN2O2. The minimum Gasteiger partial charge on any atom is -0.481 e. The van der Waals surface area contributed by atoms with Crippen LogP contribution in [0.3, 0.4) is 0 Å². The first-order valence-electron chi connectivity index (χ1n) is 10.2. The second kappa shape index (κ2) is 8.21. The lowest BCUT2D eigenvalue weighted by molar-refractivity contribution is -0.138. The molecule has 4 rings (SSSR count). The zero-order valence-electron chi connectivity index (χ0n) is 16.4. The van der Waals surface area contributed by atoms with E-state index in [0.29, 0.717) is 31.9 Å². The van der Waals surface area contributed by atoms with Crippen LogP contribution in [0.2, 0.25) is 0 Å². The van der Waals surface area contributed by atoms with Crippen LogP contribution in [0.15, 0.2) is 42.5 Å². The molecule has 0 spiro atoms. The van der Waals surface area contributed by atoms with E-state index in [4.69, 9.17) is 4.74 Å². The van der Waals surface area contributed by atoms with Crippen LogP contribution in [-0.2, 0) is 17.6 Å². The molecule has 1 saturated heterocycles. The van der Waals surface area contributed by atoms with Crippen LogP contribution in [0.4, 0.5) is 10.1 Å². The molecule has 1 fully saturated rings. The van der Waals surface area contributed by atoms with Gasteiger partial charge in [0.2, 0.25) is 0 Å². The van der Waals surface area contributed by atoms with E-state index in [1.54, 1.807) is 12.1 Å². The highest BCUT2D eigenvalue weighted by atomic mass is 19.1. The lowest BCUT2D eigenvalue weighted by Crippen LogP contribution is -2.52. The van der Waals surface area contributed by atoms with Gasteiger partial charge in [-0.25, -0.2) is 4.39 Å². The quantitative estimate of drug-likeness (QED) is 0.806. The first-order chi connectivity index (χ1) is 13.6. The predicted molar refractivity (Wildman–Crippen MR) is 108 cm³/mol. The van der Waals surface area contributed by atoms with E-state index >= 15 is 0 Å². The molecule has 0 unspecified atom stereocenters. The largest absolute Gasteiger partial charge is 0.481 e. The lowest BCUT2D eigenvalue weighted by Gasteiger charge is -2.37. The van der Waals surface area contributed by atoms with Crippen molar-refractivity contribution in [3.63, 3.8) is 0 Å². The summed E-state index contributed by atoms with van der Waals surface area (Å²) in [4.78, 5) is 16.7. The van der Waals surface area contributed by atoms with Gasteiger partial charge in [-0.1, -0.05) is 24.3 Å². The summed E-state index contributed by atoms with van der Waals surface area (Å²) in [6.07, 6.45) is 3.99. The van der Waals surface area contributed by atoms with E-state index in [-0.39, 0.29) is 11.7 Å². The molecule has 1 aliphatic carbocycles. The van der Waals surface area contributed by atoms with Gasteiger partial charge >= 0.3 is 0 Å². The number of rotatable bonds is 4. The van der Waals surface area contributed by atoms with Crippen molar-refractivity contribution < 1.29 is 13.9 Å². The average Bonchev–Trinajstić information content (AvgIpc) is 2.74. The summed E-state index contributed by atoms with van der Waals surface area (Å²) in [7, 11) is 0. The second-order valence-electron chi connectivity index (χ2n) is 7.62. The van der Waals surface area contributed by atoms with Gasteiger partial charge < -0.3 is 14.5 Å². The molecule has 1 amide bonds. The highest BCUT2D eigenvalue weighted by Gasteiger charge is 2.27. The number of nitrogens with zero attached hydrogens (tertiary/aromatic N) is 2. The third-order valence-corrected chi connectivity index (χ3v) is 5.79. The minimum atomic E-state index is -0.520. The number of benzene rings is 2. The maximum atomic E-state index is 14.0. The molecule has 2 aliphatic rings. The first kappa shape index (κ1) is 18.8. The Morgan fingerprint density at radius 2 is 1.75 bits per heavy atom. The van der Waals surface area contributed by atoms with Crippen molar-refractivity contribution in [3.8, 4) is 5.75 Å². The number of amides is 1. The Hall–Kier alpha value is -2.56. The smallest absolute Gasteiger partial charge is 0.263 e. The van der Waals surface area contributed by atoms with E-state index < -0.39 is 6.10 Å². The Balaban J connectivity index is 1.37. The van der Waals surface area contributed by atoms with E-state index in [1.165, 1.54) is 30.0 Å². The van der Waals surface area contributed by atoms with Crippen molar-refractivity contribution in [2.45, 2.75) is 38.7 Å². The standard InChI is InChI=1S/C23H27FN2O2/c1-17(28-22-12-6-8-18-7-2-3-9-19(18)22)23(27)26-15-13-25(14-16-26)21-11-5-4-10-20(21)24/h4-6,8,10-12,17H,2-3,7,9,13-16H2,1H3/t17-/m1/s1. The lowest BCUT2D eigenvalue weighted by atomic mass is 9.91. The summed E-state index contributed by atoms with van der Waals surface area (Å²) < 4.78 is 20.1. The number of carbonyl (C=O) groups excluding carboxylic acids is 1. The SMILES string of the molecule is C[C@@H](Oc1cccc2c1CCCC2)C(=O)N1CCN(c2ccccc2F)CC1. The highest BCUT2D eigenvalue weighted by molar-refractivity contribution is 5.81. The maximum Gasteiger partial charge on any atom is 0.263 e. The van der Waals surface area contributed by atoms with E-state index in [1.807, 2.05) is 34.9 Å². The van der Waals surface area contributed by atoms with Crippen LogP contribution in [-0.4, -0.2) is 43.1 Å². The number of ether oxygens (including phenoxy) is 1.